The number of benzene rings is 2. The van der Waals surface area contributed by atoms with E-state index in [1.54, 1.807) is 6.92 Å². The van der Waals surface area contributed by atoms with Gasteiger partial charge in [0, 0.05) is 24.9 Å². The molecule has 0 aliphatic heterocycles. The van der Waals surface area contributed by atoms with Crippen LogP contribution in [-0.2, 0) is 13.1 Å². The summed E-state index contributed by atoms with van der Waals surface area (Å²) in [5.74, 6) is -0.689. The van der Waals surface area contributed by atoms with Gasteiger partial charge in [0.15, 0.2) is 11.6 Å². The number of rotatable bonds is 6. The number of ether oxygens (including phenoxy) is 1. The summed E-state index contributed by atoms with van der Waals surface area (Å²) >= 11 is 0. The molecule has 1 N–H and O–H groups in total. The Labute approximate surface area is 199 Å². The van der Waals surface area contributed by atoms with Gasteiger partial charge in [0.1, 0.15) is 6.07 Å². The van der Waals surface area contributed by atoms with Crippen molar-refractivity contribution in [3.63, 3.8) is 0 Å². The number of aromatic amines is 1. The van der Waals surface area contributed by atoms with Gasteiger partial charge in [-0.3, -0.25) is 9.55 Å². The third-order valence-electron chi connectivity index (χ3n) is 5.19. The fraction of sp³-hybridized carbons (Fsp3) is 0.160. The fourth-order valence-electron chi connectivity index (χ4n) is 3.32. The number of aryl methyl sites for hydroxylation is 1. The lowest BCUT2D eigenvalue weighted by Crippen LogP contribution is -2.49. The maximum absolute atomic E-state index is 14.7. The van der Waals surface area contributed by atoms with Gasteiger partial charge in [-0.1, -0.05) is 29.8 Å². The van der Waals surface area contributed by atoms with Gasteiger partial charge in [-0.15, -0.1) is 0 Å². The van der Waals surface area contributed by atoms with Crippen LogP contribution in [0.15, 0.2) is 75.4 Å². The molecule has 2 heterocycles. The van der Waals surface area contributed by atoms with E-state index in [1.807, 2.05) is 37.3 Å². The van der Waals surface area contributed by atoms with Gasteiger partial charge >= 0.3 is 11.4 Å². The Bertz CT molecular complexity index is 1590. The quantitative estimate of drug-likeness (QED) is 0.463. The third kappa shape index (κ3) is 5.25. The highest BCUT2D eigenvalue weighted by atomic mass is 19.1. The first-order valence-electron chi connectivity index (χ1n) is 10.8. The second kappa shape index (κ2) is 10.0. The number of pyridine rings is 1. The second-order valence-electron chi connectivity index (χ2n) is 7.68. The van der Waals surface area contributed by atoms with E-state index in [9.17, 15) is 14.0 Å². The van der Waals surface area contributed by atoms with Crippen molar-refractivity contribution in [2.45, 2.75) is 26.9 Å². The van der Waals surface area contributed by atoms with Gasteiger partial charge in [0.25, 0.3) is 0 Å². The summed E-state index contributed by atoms with van der Waals surface area (Å²) in [6.45, 7) is 4.01. The van der Waals surface area contributed by atoms with Crippen LogP contribution in [0.5, 0.6) is 11.6 Å². The number of nitrogens with zero attached hydrogens (tertiary/aromatic N) is 5. The molecule has 35 heavy (non-hydrogen) atoms. The minimum absolute atomic E-state index is 0.00731. The number of H-pyrrole nitrogens is 1. The van der Waals surface area contributed by atoms with Gasteiger partial charge < -0.3 is 4.74 Å². The first kappa shape index (κ1) is 23.4. The van der Waals surface area contributed by atoms with E-state index in [0.717, 1.165) is 21.8 Å². The highest BCUT2D eigenvalue weighted by Gasteiger charge is 2.11. The second-order valence-corrected chi connectivity index (χ2v) is 7.68. The van der Waals surface area contributed by atoms with Crippen LogP contribution < -0.4 is 21.7 Å². The number of aromatic nitrogens is 4. The molecule has 176 valence electrons. The smallest absolute Gasteiger partial charge is 0.335 e. The molecule has 0 aliphatic carbocycles. The molecule has 0 amide bonds. The maximum atomic E-state index is 14.7. The lowest BCUT2D eigenvalue weighted by molar-refractivity contribution is 0.427. The van der Waals surface area contributed by atoms with Gasteiger partial charge in [-0.25, -0.2) is 28.5 Å². The van der Waals surface area contributed by atoms with Gasteiger partial charge in [0.05, 0.1) is 17.8 Å². The SMILES string of the molecule is CCn1c(=O)[nH]/c(=N\c2ccc(Oc3ccc(C#N)cn3)c(F)c2)n(Cc2ccc(C)cc2)c1=O. The van der Waals surface area contributed by atoms with Crippen LogP contribution >= 0.6 is 0 Å². The summed E-state index contributed by atoms with van der Waals surface area (Å²) in [7, 11) is 0. The molecule has 0 radical (unpaired) electrons. The van der Waals surface area contributed by atoms with Crippen molar-refractivity contribution in [2.75, 3.05) is 0 Å². The topological polar surface area (TPSA) is 118 Å². The summed E-state index contributed by atoms with van der Waals surface area (Å²) in [5.41, 5.74) is 1.30. The Kier molecular flexibility index (Phi) is 6.69. The molecular formula is C25H21FN6O3. The van der Waals surface area contributed by atoms with E-state index in [0.29, 0.717) is 5.56 Å². The van der Waals surface area contributed by atoms with Gasteiger partial charge in [-0.05, 0) is 37.6 Å². The van der Waals surface area contributed by atoms with E-state index >= 15 is 0 Å². The standard InChI is InChI=1S/C25H21FN6O3/c1-3-31-24(33)30-23(32(25(31)34)15-17-6-4-16(2)5-7-17)29-19-9-10-21(20(26)12-19)35-22-11-8-18(13-27)14-28-22/h4-12,14H,3,15H2,1-2H3,(H,29,30,33). The van der Waals surface area contributed by atoms with Gasteiger partial charge in [-0.2, -0.15) is 5.26 Å². The number of nitrogens with one attached hydrogen (secondary N) is 1. The summed E-state index contributed by atoms with van der Waals surface area (Å²) in [5, 5.41) is 8.84. The van der Waals surface area contributed by atoms with Crippen LogP contribution in [0.2, 0.25) is 0 Å². The van der Waals surface area contributed by atoms with Crippen LogP contribution in [0.25, 0.3) is 0 Å². The van der Waals surface area contributed by atoms with Crippen LogP contribution in [0.1, 0.15) is 23.6 Å². The van der Waals surface area contributed by atoms with Crippen molar-refractivity contribution >= 4 is 5.69 Å². The maximum Gasteiger partial charge on any atom is 0.335 e. The lowest BCUT2D eigenvalue weighted by Gasteiger charge is -2.10. The predicted molar refractivity (Wildman–Crippen MR) is 126 cm³/mol. The average Bonchev–Trinajstić information content (AvgIpc) is 2.85. The summed E-state index contributed by atoms with van der Waals surface area (Å²) in [6.07, 6.45) is 1.32. The number of hydrogen-bond donors (Lipinski definition) is 1. The molecule has 0 spiro atoms. The highest BCUT2D eigenvalue weighted by molar-refractivity contribution is 5.43. The van der Waals surface area contributed by atoms with E-state index in [2.05, 4.69) is 15.0 Å². The minimum atomic E-state index is -0.716. The third-order valence-corrected chi connectivity index (χ3v) is 5.19. The van der Waals surface area contributed by atoms with Gasteiger partial charge in [0.2, 0.25) is 11.5 Å². The molecule has 2 aromatic heterocycles. The molecule has 10 heteroatoms. The molecule has 2 aromatic carbocycles. The molecule has 0 unspecified atom stereocenters. The number of halogens is 1. The van der Waals surface area contributed by atoms with Crippen molar-refractivity contribution in [1.82, 2.24) is 19.1 Å². The lowest BCUT2D eigenvalue weighted by atomic mass is 10.1. The summed E-state index contributed by atoms with van der Waals surface area (Å²) in [6, 6.07) is 16.5. The van der Waals surface area contributed by atoms with E-state index in [-0.39, 0.29) is 36.0 Å². The molecule has 0 aliphatic rings. The average molecular weight is 472 g/mol. The van der Waals surface area contributed by atoms with Crippen molar-refractivity contribution in [3.8, 4) is 17.7 Å². The summed E-state index contributed by atoms with van der Waals surface area (Å²) in [4.78, 5) is 36.3. The van der Waals surface area contributed by atoms with E-state index in [4.69, 9.17) is 10.00 Å². The molecule has 0 bridgehead atoms. The van der Waals surface area contributed by atoms with Crippen molar-refractivity contribution in [3.05, 3.63) is 110 Å². The Hall–Kier alpha value is -4.78. The Morgan fingerprint density at radius 1 is 1.11 bits per heavy atom. The number of hydrogen-bond acceptors (Lipinski definition) is 6. The molecule has 0 saturated carbocycles. The zero-order valence-corrected chi connectivity index (χ0v) is 19.0. The predicted octanol–water partition coefficient (Wildman–Crippen LogP) is 3.15. The minimum Gasteiger partial charge on any atom is -0.436 e. The van der Waals surface area contributed by atoms with E-state index < -0.39 is 17.2 Å². The van der Waals surface area contributed by atoms with Crippen LogP contribution in [0.3, 0.4) is 0 Å². The van der Waals surface area contributed by atoms with Crippen LogP contribution in [0, 0.1) is 24.1 Å². The molecule has 0 fully saturated rings. The van der Waals surface area contributed by atoms with Crippen molar-refractivity contribution in [1.29, 1.82) is 5.26 Å². The molecule has 4 rings (SSSR count). The molecular weight excluding hydrogens is 451 g/mol. The largest absolute Gasteiger partial charge is 0.436 e. The Morgan fingerprint density at radius 3 is 2.51 bits per heavy atom. The number of nitriles is 1. The normalized spacial score (nSPS) is 11.3. The monoisotopic (exact) mass is 472 g/mol. The molecule has 0 atom stereocenters. The molecule has 0 saturated heterocycles. The van der Waals surface area contributed by atoms with Crippen LogP contribution in [-0.4, -0.2) is 19.1 Å². The van der Waals surface area contributed by atoms with E-state index in [1.165, 1.54) is 35.0 Å². The highest BCUT2D eigenvalue weighted by Crippen LogP contribution is 2.26. The first-order valence-corrected chi connectivity index (χ1v) is 10.8. The van der Waals surface area contributed by atoms with Crippen molar-refractivity contribution < 1.29 is 9.13 Å². The zero-order valence-electron chi connectivity index (χ0n) is 19.0. The summed E-state index contributed by atoms with van der Waals surface area (Å²) < 4.78 is 22.6. The van der Waals surface area contributed by atoms with Crippen molar-refractivity contribution in [2.24, 2.45) is 4.99 Å². The zero-order chi connectivity index (χ0) is 24.9. The fourth-order valence-corrected chi connectivity index (χ4v) is 3.32. The Balaban J connectivity index is 1.73. The Morgan fingerprint density at radius 2 is 1.89 bits per heavy atom. The first-order chi connectivity index (χ1) is 16.9. The molecule has 4 aromatic rings. The van der Waals surface area contributed by atoms with Crippen LogP contribution in [0.4, 0.5) is 10.1 Å². The molecule has 9 nitrogen and oxygen atoms in total.